The van der Waals surface area contributed by atoms with Crippen LogP contribution in [0.4, 0.5) is 5.69 Å². The summed E-state index contributed by atoms with van der Waals surface area (Å²) in [6.07, 6.45) is 3.94. The van der Waals surface area contributed by atoms with Gasteiger partial charge in [-0.3, -0.25) is 4.68 Å². The normalized spacial score (nSPS) is 12.4. The Labute approximate surface area is 126 Å². The molecule has 0 saturated carbocycles. The van der Waals surface area contributed by atoms with Crippen molar-refractivity contribution in [3.63, 3.8) is 0 Å². The number of hydrogen-bond donors (Lipinski definition) is 1. The minimum absolute atomic E-state index is 0.183. The van der Waals surface area contributed by atoms with Gasteiger partial charge in [0.2, 0.25) is 0 Å². The Morgan fingerprint density at radius 3 is 2.89 bits per heavy atom. The monoisotopic (exact) mass is 375 g/mol. The molecular weight excluding hydrogens is 361 g/mol. The first-order valence-corrected chi connectivity index (χ1v) is 7.29. The van der Waals surface area contributed by atoms with E-state index in [2.05, 4.69) is 53.1 Å². The molecule has 3 nitrogen and oxygen atoms in total. The van der Waals surface area contributed by atoms with Crippen LogP contribution in [0.3, 0.4) is 0 Å². The largest absolute Gasteiger partial charge is 0.377 e. The van der Waals surface area contributed by atoms with Crippen LogP contribution >= 0.6 is 34.2 Å². The average molecular weight is 376 g/mol. The zero-order chi connectivity index (χ0) is 13.1. The summed E-state index contributed by atoms with van der Waals surface area (Å²) >= 11 is 8.46. The van der Waals surface area contributed by atoms with Crippen molar-refractivity contribution < 1.29 is 0 Å². The van der Waals surface area contributed by atoms with Gasteiger partial charge in [-0.25, -0.2) is 0 Å². The number of aromatic nitrogens is 2. The molecule has 2 aromatic rings. The van der Waals surface area contributed by atoms with E-state index < -0.39 is 0 Å². The summed E-state index contributed by atoms with van der Waals surface area (Å²) in [5, 5.41) is 8.43. The van der Waals surface area contributed by atoms with E-state index in [9.17, 15) is 0 Å². The van der Waals surface area contributed by atoms with Crippen molar-refractivity contribution >= 4 is 39.9 Å². The molecule has 0 spiro atoms. The Balaban J connectivity index is 2.13. The number of benzene rings is 1. The van der Waals surface area contributed by atoms with Crippen molar-refractivity contribution in [1.29, 1.82) is 0 Å². The number of rotatable bonds is 4. The maximum absolute atomic E-state index is 6.21. The molecule has 1 heterocycles. The maximum atomic E-state index is 6.21. The minimum Gasteiger partial charge on any atom is -0.377 e. The van der Waals surface area contributed by atoms with Crippen LogP contribution in [0.2, 0.25) is 5.02 Å². The highest BCUT2D eigenvalue weighted by atomic mass is 127. The van der Waals surface area contributed by atoms with Crippen LogP contribution in [0.15, 0.2) is 30.6 Å². The summed E-state index contributed by atoms with van der Waals surface area (Å²) in [5.74, 6) is 0. The molecule has 0 saturated heterocycles. The van der Waals surface area contributed by atoms with Crippen LogP contribution in [0, 0.1) is 3.57 Å². The quantitative estimate of drug-likeness (QED) is 0.806. The van der Waals surface area contributed by atoms with Gasteiger partial charge in [-0.15, -0.1) is 0 Å². The van der Waals surface area contributed by atoms with E-state index >= 15 is 0 Å². The molecule has 0 aliphatic rings. The molecule has 1 atom stereocenters. The highest BCUT2D eigenvalue weighted by molar-refractivity contribution is 14.1. The molecule has 1 aromatic heterocycles. The average Bonchev–Trinajstić information content (AvgIpc) is 2.81. The van der Waals surface area contributed by atoms with Gasteiger partial charge in [0.15, 0.2) is 0 Å². The number of nitrogens with zero attached hydrogens (tertiary/aromatic N) is 2. The van der Waals surface area contributed by atoms with Gasteiger partial charge in [-0.2, -0.15) is 5.10 Å². The minimum atomic E-state index is 0.183. The number of hydrogen-bond acceptors (Lipinski definition) is 2. The Kier molecular flexibility index (Phi) is 4.50. The van der Waals surface area contributed by atoms with Crippen LogP contribution in [0.25, 0.3) is 0 Å². The van der Waals surface area contributed by atoms with Gasteiger partial charge in [0.05, 0.1) is 22.9 Å². The SMILES string of the molecule is CCn1cc(C(C)Nc2ccc(I)cc2Cl)cn1. The maximum Gasteiger partial charge on any atom is 0.0648 e. The van der Waals surface area contributed by atoms with Gasteiger partial charge in [0.25, 0.3) is 0 Å². The highest BCUT2D eigenvalue weighted by Gasteiger charge is 2.09. The highest BCUT2D eigenvalue weighted by Crippen LogP contribution is 2.27. The molecule has 96 valence electrons. The summed E-state index contributed by atoms with van der Waals surface area (Å²) in [6.45, 7) is 5.06. The van der Waals surface area contributed by atoms with Crippen LogP contribution in [-0.4, -0.2) is 9.78 Å². The second-order valence-electron chi connectivity index (χ2n) is 4.12. The summed E-state index contributed by atoms with van der Waals surface area (Å²) in [5.41, 5.74) is 2.11. The summed E-state index contributed by atoms with van der Waals surface area (Å²) in [7, 11) is 0. The molecule has 5 heteroatoms. The lowest BCUT2D eigenvalue weighted by Gasteiger charge is -2.15. The van der Waals surface area contributed by atoms with E-state index in [0.717, 1.165) is 26.4 Å². The second-order valence-corrected chi connectivity index (χ2v) is 5.77. The summed E-state index contributed by atoms with van der Waals surface area (Å²) in [4.78, 5) is 0. The van der Waals surface area contributed by atoms with Crippen molar-refractivity contribution in [1.82, 2.24) is 9.78 Å². The van der Waals surface area contributed by atoms with Crippen molar-refractivity contribution in [2.75, 3.05) is 5.32 Å². The fourth-order valence-corrected chi connectivity index (χ4v) is 2.61. The molecule has 1 unspecified atom stereocenters. The van der Waals surface area contributed by atoms with Crippen LogP contribution in [0.5, 0.6) is 0 Å². The molecule has 18 heavy (non-hydrogen) atoms. The van der Waals surface area contributed by atoms with Crippen molar-refractivity contribution in [3.05, 3.63) is 44.7 Å². The molecule has 0 amide bonds. The van der Waals surface area contributed by atoms with E-state index in [1.807, 2.05) is 29.1 Å². The predicted molar refractivity (Wildman–Crippen MR) is 84.1 cm³/mol. The van der Waals surface area contributed by atoms with Crippen LogP contribution in [0.1, 0.15) is 25.5 Å². The van der Waals surface area contributed by atoms with Gasteiger partial charge in [-0.1, -0.05) is 11.6 Å². The molecule has 2 rings (SSSR count). The molecule has 0 bridgehead atoms. The summed E-state index contributed by atoms with van der Waals surface area (Å²) in [6, 6.07) is 6.18. The van der Waals surface area contributed by atoms with E-state index in [0.29, 0.717) is 0 Å². The zero-order valence-electron chi connectivity index (χ0n) is 10.3. The molecular formula is C13H15ClIN3. The number of aryl methyl sites for hydroxylation is 1. The standard InChI is InChI=1S/C13H15ClIN3/c1-3-18-8-10(7-16-18)9(2)17-13-5-4-11(15)6-12(13)14/h4-9,17H,3H2,1-2H3. The van der Waals surface area contributed by atoms with Gasteiger partial charge >= 0.3 is 0 Å². The molecule has 0 aliphatic carbocycles. The number of halogens is 2. The van der Waals surface area contributed by atoms with Gasteiger partial charge in [0.1, 0.15) is 0 Å². The first-order valence-electron chi connectivity index (χ1n) is 5.84. The molecule has 0 radical (unpaired) electrons. The molecule has 0 aliphatic heterocycles. The van der Waals surface area contributed by atoms with Gasteiger partial charge in [0, 0.05) is 21.9 Å². The predicted octanol–water partition coefficient (Wildman–Crippen LogP) is 4.33. The van der Waals surface area contributed by atoms with Crippen molar-refractivity contribution in [2.24, 2.45) is 0 Å². The van der Waals surface area contributed by atoms with Gasteiger partial charge < -0.3 is 5.32 Å². The Hall–Kier alpha value is -0.750. The fourth-order valence-electron chi connectivity index (χ4n) is 1.70. The van der Waals surface area contributed by atoms with Crippen molar-refractivity contribution in [3.8, 4) is 0 Å². The lowest BCUT2D eigenvalue weighted by molar-refractivity contribution is 0.658. The third-order valence-corrected chi connectivity index (χ3v) is 3.76. The Morgan fingerprint density at radius 2 is 2.28 bits per heavy atom. The molecule has 0 fully saturated rings. The fraction of sp³-hybridized carbons (Fsp3) is 0.308. The molecule has 1 N–H and O–H groups in total. The second kappa shape index (κ2) is 5.93. The number of anilines is 1. The Bertz CT molecular complexity index is 539. The lowest BCUT2D eigenvalue weighted by atomic mass is 10.2. The van der Waals surface area contributed by atoms with Crippen LogP contribution in [-0.2, 0) is 6.54 Å². The number of nitrogens with one attached hydrogen (secondary N) is 1. The van der Waals surface area contributed by atoms with Crippen LogP contribution < -0.4 is 5.32 Å². The third kappa shape index (κ3) is 3.17. The summed E-state index contributed by atoms with van der Waals surface area (Å²) < 4.78 is 3.05. The zero-order valence-corrected chi connectivity index (χ0v) is 13.2. The van der Waals surface area contributed by atoms with Crippen molar-refractivity contribution in [2.45, 2.75) is 26.4 Å². The van der Waals surface area contributed by atoms with E-state index in [1.54, 1.807) is 0 Å². The molecule has 1 aromatic carbocycles. The van der Waals surface area contributed by atoms with E-state index in [-0.39, 0.29) is 6.04 Å². The van der Waals surface area contributed by atoms with E-state index in [4.69, 9.17) is 11.6 Å². The smallest absolute Gasteiger partial charge is 0.0648 e. The first-order chi connectivity index (χ1) is 8.60. The third-order valence-electron chi connectivity index (χ3n) is 2.78. The topological polar surface area (TPSA) is 29.9 Å². The lowest BCUT2D eigenvalue weighted by Crippen LogP contribution is -2.06. The first kappa shape index (κ1) is 13.7. The Morgan fingerprint density at radius 1 is 1.50 bits per heavy atom. The van der Waals surface area contributed by atoms with Gasteiger partial charge in [-0.05, 0) is 54.6 Å². The van der Waals surface area contributed by atoms with E-state index in [1.165, 1.54) is 0 Å².